The van der Waals surface area contributed by atoms with Crippen molar-refractivity contribution in [3.63, 3.8) is 0 Å². The number of benzene rings is 3. The molecular formula is C30H32O5. The third-order valence-electron chi connectivity index (χ3n) is 5.87. The lowest BCUT2D eigenvalue weighted by molar-refractivity contribution is -0.137. The van der Waals surface area contributed by atoms with Crippen LogP contribution >= 0.6 is 0 Å². The molecule has 5 nitrogen and oxygen atoms in total. The largest absolute Gasteiger partial charge is 0.493 e. The number of rotatable bonds is 14. The smallest absolute Gasteiger partial charge is 0.335 e. The van der Waals surface area contributed by atoms with Crippen molar-refractivity contribution in [1.29, 1.82) is 0 Å². The molecule has 0 amide bonds. The first-order valence-corrected chi connectivity index (χ1v) is 12.0. The highest BCUT2D eigenvalue weighted by atomic mass is 16.5. The van der Waals surface area contributed by atoms with E-state index in [0.717, 1.165) is 42.6 Å². The zero-order chi connectivity index (χ0) is 24.9. The number of hydrogen-bond acceptors (Lipinski definition) is 3. The van der Waals surface area contributed by atoms with Gasteiger partial charge in [0.25, 0.3) is 0 Å². The summed E-state index contributed by atoms with van der Waals surface area (Å²) in [6, 6.07) is 25.1. The Morgan fingerprint density at radius 1 is 0.829 bits per heavy atom. The van der Waals surface area contributed by atoms with Crippen LogP contribution in [0.25, 0.3) is 6.08 Å². The van der Waals surface area contributed by atoms with E-state index in [1.54, 1.807) is 12.1 Å². The number of carbonyl (C=O) groups is 2. The Morgan fingerprint density at radius 3 is 2.26 bits per heavy atom. The second-order valence-corrected chi connectivity index (χ2v) is 8.59. The zero-order valence-electron chi connectivity index (χ0n) is 19.8. The van der Waals surface area contributed by atoms with Crippen LogP contribution in [0.15, 0.2) is 84.9 Å². The summed E-state index contributed by atoms with van der Waals surface area (Å²) in [4.78, 5) is 22.0. The number of carboxylic acids is 2. The maximum Gasteiger partial charge on any atom is 0.335 e. The van der Waals surface area contributed by atoms with Crippen molar-refractivity contribution in [2.24, 2.45) is 5.92 Å². The van der Waals surface area contributed by atoms with Gasteiger partial charge in [-0.05, 0) is 54.5 Å². The molecule has 0 radical (unpaired) electrons. The molecule has 0 fully saturated rings. The minimum absolute atomic E-state index is 0.168. The maximum atomic E-state index is 11.1. The van der Waals surface area contributed by atoms with E-state index in [0.29, 0.717) is 13.0 Å². The first-order chi connectivity index (χ1) is 17.0. The summed E-state index contributed by atoms with van der Waals surface area (Å²) in [5, 5.41) is 18.1. The fourth-order valence-electron chi connectivity index (χ4n) is 3.95. The van der Waals surface area contributed by atoms with Gasteiger partial charge >= 0.3 is 11.9 Å². The lowest BCUT2D eigenvalue weighted by atomic mass is 9.92. The molecule has 2 N–H and O–H groups in total. The van der Waals surface area contributed by atoms with Crippen molar-refractivity contribution in [3.05, 3.63) is 107 Å². The second kappa shape index (κ2) is 13.8. The highest BCUT2D eigenvalue weighted by Gasteiger charge is 2.10. The zero-order valence-corrected chi connectivity index (χ0v) is 19.8. The van der Waals surface area contributed by atoms with Crippen LogP contribution in [0, 0.1) is 5.92 Å². The second-order valence-electron chi connectivity index (χ2n) is 8.59. The minimum Gasteiger partial charge on any atom is -0.493 e. The topological polar surface area (TPSA) is 83.8 Å². The summed E-state index contributed by atoms with van der Waals surface area (Å²) in [5.41, 5.74) is 3.55. The molecule has 0 aliphatic carbocycles. The molecule has 35 heavy (non-hydrogen) atoms. The Balaban J connectivity index is 1.66. The van der Waals surface area contributed by atoms with Crippen LogP contribution < -0.4 is 4.74 Å². The average Bonchev–Trinajstić information content (AvgIpc) is 2.86. The molecule has 0 aliphatic rings. The minimum atomic E-state index is -0.939. The summed E-state index contributed by atoms with van der Waals surface area (Å²) in [7, 11) is 0. The van der Waals surface area contributed by atoms with E-state index in [2.05, 4.69) is 24.3 Å². The molecule has 3 aromatic rings. The molecule has 1 atom stereocenters. The Bertz CT molecular complexity index is 1100. The van der Waals surface area contributed by atoms with Crippen molar-refractivity contribution < 1.29 is 24.5 Å². The number of para-hydroxylation sites is 1. The molecule has 3 aromatic carbocycles. The molecule has 0 heterocycles. The van der Waals surface area contributed by atoms with Crippen LogP contribution in [0.5, 0.6) is 5.75 Å². The van der Waals surface area contributed by atoms with Crippen LogP contribution in [0.3, 0.4) is 0 Å². The molecule has 3 rings (SSSR count). The van der Waals surface area contributed by atoms with Crippen molar-refractivity contribution >= 4 is 18.0 Å². The number of carboxylic acid groups (broad SMARTS) is 2. The first kappa shape index (κ1) is 25.8. The number of aliphatic carboxylic acids is 1. The average molecular weight is 473 g/mol. The highest BCUT2D eigenvalue weighted by molar-refractivity contribution is 5.87. The van der Waals surface area contributed by atoms with Crippen molar-refractivity contribution in [3.8, 4) is 5.75 Å². The molecule has 5 heteroatoms. The third kappa shape index (κ3) is 9.13. The standard InChI is InChI=1S/C30H32O5/c31-29(32)13-7-4-10-24(22-25-15-18-27(19-16-25)30(33)34)14-17-26-11-5-6-12-28(26)35-21-20-23-8-2-1-3-9-23/h1-3,5-6,8-9,11-12,14-19,24H,4,7,10,13,20-22H2,(H,31,32)(H,33,34)/b17-14+. The number of unbranched alkanes of at least 4 members (excludes halogenated alkanes) is 1. The van der Waals surface area contributed by atoms with E-state index in [1.165, 1.54) is 5.56 Å². The van der Waals surface area contributed by atoms with Crippen LogP contribution in [-0.2, 0) is 17.6 Å². The van der Waals surface area contributed by atoms with Gasteiger partial charge in [-0.2, -0.15) is 0 Å². The molecular weight excluding hydrogens is 440 g/mol. The molecule has 0 saturated heterocycles. The summed E-state index contributed by atoms with van der Waals surface area (Å²) >= 11 is 0. The third-order valence-corrected chi connectivity index (χ3v) is 5.87. The van der Waals surface area contributed by atoms with Gasteiger partial charge in [-0.15, -0.1) is 0 Å². The highest BCUT2D eigenvalue weighted by Crippen LogP contribution is 2.24. The van der Waals surface area contributed by atoms with Gasteiger partial charge in [0.2, 0.25) is 0 Å². The quantitative estimate of drug-likeness (QED) is 0.261. The van der Waals surface area contributed by atoms with Gasteiger partial charge in [-0.1, -0.05) is 79.2 Å². The molecule has 0 bridgehead atoms. The van der Waals surface area contributed by atoms with E-state index in [1.807, 2.05) is 54.6 Å². The summed E-state index contributed by atoms with van der Waals surface area (Å²) < 4.78 is 6.08. The maximum absolute atomic E-state index is 11.1. The lowest BCUT2D eigenvalue weighted by Crippen LogP contribution is -2.04. The Hall–Kier alpha value is -3.86. The van der Waals surface area contributed by atoms with E-state index in [4.69, 9.17) is 14.9 Å². The van der Waals surface area contributed by atoms with Crippen molar-refractivity contribution in [1.82, 2.24) is 0 Å². The molecule has 0 spiro atoms. The van der Waals surface area contributed by atoms with Gasteiger partial charge in [0.15, 0.2) is 0 Å². The molecule has 1 unspecified atom stereocenters. The van der Waals surface area contributed by atoms with Crippen LogP contribution in [0.2, 0.25) is 0 Å². The van der Waals surface area contributed by atoms with Crippen LogP contribution in [0.4, 0.5) is 0 Å². The van der Waals surface area contributed by atoms with E-state index >= 15 is 0 Å². The SMILES string of the molecule is O=C(O)CCCCC(/C=C/c1ccccc1OCCc1ccccc1)Cc1ccc(C(=O)O)cc1. The van der Waals surface area contributed by atoms with Gasteiger partial charge in [0.05, 0.1) is 12.2 Å². The summed E-state index contributed by atoms with van der Waals surface area (Å²) in [5.74, 6) is -0.694. The normalized spacial score (nSPS) is 11.9. The van der Waals surface area contributed by atoms with Gasteiger partial charge in [-0.3, -0.25) is 4.79 Å². The molecule has 0 aliphatic heterocycles. The predicted molar refractivity (Wildman–Crippen MR) is 138 cm³/mol. The van der Waals surface area contributed by atoms with Crippen LogP contribution in [0.1, 0.15) is 52.7 Å². The van der Waals surface area contributed by atoms with E-state index in [-0.39, 0.29) is 17.9 Å². The first-order valence-electron chi connectivity index (χ1n) is 12.0. The monoisotopic (exact) mass is 472 g/mol. The Kier molecular flexibility index (Phi) is 10.1. The summed E-state index contributed by atoms with van der Waals surface area (Å²) in [6.07, 6.45) is 8.28. The molecule has 182 valence electrons. The summed E-state index contributed by atoms with van der Waals surface area (Å²) in [6.45, 7) is 0.587. The number of hydrogen-bond donors (Lipinski definition) is 2. The van der Waals surface area contributed by atoms with Crippen molar-refractivity contribution in [2.45, 2.75) is 38.5 Å². The fourth-order valence-corrected chi connectivity index (χ4v) is 3.95. The molecule has 0 saturated carbocycles. The van der Waals surface area contributed by atoms with Gasteiger partial charge < -0.3 is 14.9 Å². The fraction of sp³-hybridized carbons (Fsp3) is 0.267. The van der Waals surface area contributed by atoms with Gasteiger partial charge in [-0.25, -0.2) is 4.79 Å². The van der Waals surface area contributed by atoms with Crippen molar-refractivity contribution in [2.75, 3.05) is 6.61 Å². The predicted octanol–water partition coefficient (Wildman–Crippen LogP) is 6.52. The van der Waals surface area contributed by atoms with Gasteiger partial charge in [0.1, 0.15) is 5.75 Å². The Labute approximate surface area is 206 Å². The van der Waals surface area contributed by atoms with Crippen LogP contribution in [-0.4, -0.2) is 28.8 Å². The Morgan fingerprint density at radius 2 is 1.54 bits per heavy atom. The van der Waals surface area contributed by atoms with E-state index in [9.17, 15) is 9.59 Å². The number of aromatic carboxylic acids is 1. The molecule has 0 aromatic heterocycles. The lowest BCUT2D eigenvalue weighted by Gasteiger charge is -2.14. The number of ether oxygens (including phenoxy) is 1. The van der Waals surface area contributed by atoms with E-state index < -0.39 is 11.9 Å². The van der Waals surface area contributed by atoms with Gasteiger partial charge in [0, 0.05) is 18.4 Å². The number of allylic oxidation sites excluding steroid dienone is 1.